The van der Waals surface area contributed by atoms with Crippen molar-refractivity contribution < 1.29 is 50.0 Å². The predicted octanol–water partition coefficient (Wildman–Crippen LogP) is 10.5. The maximum atomic E-state index is 13.1. The molecule has 1 saturated heterocycles. The Kier molecular flexibility index (Phi) is 41.7. The number of carbonyl (C=O) groups excluding carboxylic acids is 1. The van der Waals surface area contributed by atoms with Crippen LogP contribution in [0.25, 0.3) is 0 Å². The van der Waals surface area contributed by atoms with Crippen LogP contribution in [0.15, 0.2) is 48.6 Å². The lowest BCUT2D eigenvalue weighted by atomic mass is 9.98. The van der Waals surface area contributed by atoms with Crippen molar-refractivity contribution in [3.05, 3.63) is 48.6 Å². The molecule has 0 bridgehead atoms. The largest absolute Gasteiger partial charge is 0.394 e. The van der Waals surface area contributed by atoms with Gasteiger partial charge in [-0.15, -0.1) is 0 Å². The van der Waals surface area contributed by atoms with Crippen LogP contribution < -0.4 is 5.32 Å². The summed E-state index contributed by atoms with van der Waals surface area (Å²) in [5.74, 6) is -0.718. The maximum Gasteiger partial charge on any atom is 0.249 e. The average molecular weight is 936 g/mol. The topological polar surface area (TPSA) is 189 Å². The van der Waals surface area contributed by atoms with E-state index in [-0.39, 0.29) is 12.8 Å². The SMILES string of the molecule is CCCCCCCCCC/C=C\CCCCCCCCC(O)C(=O)NC(COC1OC(CO)C(O)C(O)C1O)C(O)C(O)CCC/C=C/CC/C=C/CC/C=C/CCCCCCCCCC. The molecule has 8 N–H and O–H groups in total. The second-order valence-electron chi connectivity index (χ2n) is 18.9. The molecule has 0 aromatic rings. The van der Waals surface area contributed by atoms with Crippen molar-refractivity contribution in [1.29, 1.82) is 0 Å². The lowest BCUT2D eigenvalue weighted by Crippen LogP contribution is -2.60. The van der Waals surface area contributed by atoms with Crippen LogP contribution in [0, 0.1) is 0 Å². The zero-order valence-electron chi connectivity index (χ0n) is 41.9. The summed E-state index contributed by atoms with van der Waals surface area (Å²) in [5, 5.41) is 75.9. The second kappa shape index (κ2) is 44.3. The van der Waals surface area contributed by atoms with Gasteiger partial charge < -0.3 is 50.5 Å². The fraction of sp³-hybridized carbons (Fsp3) is 0.836. The van der Waals surface area contributed by atoms with Gasteiger partial charge in [0.25, 0.3) is 0 Å². The molecule has 9 unspecified atom stereocenters. The molecule has 11 nitrogen and oxygen atoms in total. The van der Waals surface area contributed by atoms with Crippen LogP contribution in [0.4, 0.5) is 0 Å². The van der Waals surface area contributed by atoms with Crippen molar-refractivity contribution in [2.24, 2.45) is 0 Å². The molecule has 0 saturated carbocycles. The molecule has 1 amide bonds. The summed E-state index contributed by atoms with van der Waals surface area (Å²) in [6, 6.07) is -1.20. The van der Waals surface area contributed by atoms with Crippen molar-refractivity contribution in [2.75, 3.05) is 13.2 Å². The number of ether oxygens (including phenoxy) is 2. The van der Waals surface area contributed by atoms with Gasteiger partial charge in [-0.25, -0.2) is 0 Å². The highest BCUT2D eigenvalue weighted by Gasteiger charge is 2.44. The summed E-state index contributed by atoms with van der Waals surface area (Å²) in [6.07, 6.45) is 43.0. The number of amides is 1. The first kappa shape index (κ1) is 62.1. The molecule has 9 atom stereocenters. The Hall–Kier alpha value is -1.93. The van der Waals surface area contributed by atoms with Gasteiger partial charge in [0.15, 0.2) is 6.29 Å². The number of rotatable bonds is 45. The molecule has 0 aromatic carbocycles. The summed E-state index contributed by atoms with van der Waals surface area (Å²) in [5.41, 5.74) is 0. The highest BCUT2D eigenvalue weighted by Crippen LogP contribution is 2.23. The molecule has 1 aliphatic heterocycles. The van der Waals surface area contributed by atoms with E-state index < -0.39 is 74.2 Å². The van der Waals surface area contributed by atoms with Gasteiger partial charge in [-0.3, -0.25) is 4.79 Å². The lowest BCUT2D eigenvalue weighted by Gasteiger charge is -2.40. The third-order valence-corrected chi connectivity index (χ3v) is 12.8. The van der Waals surface area contributed by atoms with E-state index in [1.807, 2.05) is 0 Å². The Labute approximate surface area is 402 Å². The Morgan fingerprint density at radius 3 is 1.35 bits per heavy atom. The minimum absolute atomic E-state index is 0.239. The van der Waals surface area contributed by atoms with Gasteiger partial charge in [-0.1, -0.05) is 184 Å². The summed E-state index contributed by atoms with van der Waals surface area (Å²) >= 11 is 0. The van der Waals surface area contributed by atoms with E-state index in [2.05, 4.69) is 67.8 Å². The molecule has 0 spiro atoms. The van der Waals surface area contributed by atoms with E-state index in [0.29, 0.717) is 19.3 Å². The Bertz CT molecular complexity index is 1210. The van der Waals surface area contributed by atoms with E-state index in [0.717, 1.165) is 64.2 Å². The zero-order valence-corrected chi connectivity index (χ0v) is 41.9. The average Bonchev–Trinajstić information content (AvgIpc) is 3.32. The van der Waals surface area contributed by atoms with Crippen molar-refractivity contribution in [2.45, 2.75) is 281 Å². The van der Waals surface area contributed by atoms with E-state index in [9.17, 15) is 40.5 Å². The number of nitrogens with one attached hydrogen (secondary N) is 1. The predicted molar refractivity (Wildman–Crippen MR) is 270 cm³/mol. The Morgan fingerprint density at radius 1 is 0.515 bits per heavy atom. The Morgan fingerprint density at radius 2 is 0.909 bits per heavy atom. The number of unbranched alkanes of at least 4 members (excludes halogenated alkanes) is 25. The van der Waals surface area contributed by atoms with Crippen LogP contribution >= 0.6 is 0 Å². The highest BCUT2D eigenvalue weighted by atomic mass is 16.7. The fourth-order valence-electron chi connectivity index (χ4n) is 8.35. The van der Waals surface area contributed by atoms with Gasteiger partial charge in [0, 0.05) is 0 Å². The first-order chi connectivity index (χ1) is 32.2. The zero-order chi connectivity index (χ0) is 48.3. The molecule has 0 aliphatic carbocycles. The number of allylic oxidation sites excluding steroid dienone is 8. The smallest absolute Gasteiger partial charge is 0.249 e. The van der Waals surface area contributed by atoms with Crippen LogP contribution in [0.5, 0.6) is 0 Å². The molecule has 386 valence electrons. The van der Waals surface area contributed by atoms with Crippen molar-refractivity contribution in [1.82, 2.24) is 5.32 Å². The lowest BCUT2D eigenvalue weighted by molar-refractivity contribution is -0.303. The summed E-state index contributed by atoms with van der Waals surface area (Å²) < 4.78 is 11.1. The molecule has 1 heterocycles. The number of aliphatic hydroxyl groups is 7. The van der Waals surface area contributed by atoms with E-state index >= 15 is 0 Å². The third kappa shape index (κ3) is 32.8. The molecular formula is C55H101NO10. The monoisotopic (exact) mass is 936 g/mol. The standard InChI is InChI=1S/C55H101NO10/c1-3-5-7-9-11-13-15-17-19-21-23-24-25-27-28-30-32-34-36-38-40-42-47(58)50(60)46(45-65-55-53(63)52(62)51(61)49(44-57)66-55)56-54(64)48(59)43-41-39-37-35-33-31-29-26-22-20-18-16-14-12-10-8-6-4-2/h21-23,26-28,34,36,46-53,55,57-63H,3-20,24-25,29-33,35,37-45H2,1-2H3,(H,56,64)/b23-21+,26-22-,28-27+,36-34+. The molecule has 66 heavy (non-hydrogen) atoms. The number of carbonyl (C=O) groups is 1. The van der Waals surface area contributed by atoms with E-state index in [4.69, 9.17) is 9.47 Å². The van der Waals surface area contributed by atoms with Gasteiger partial charge >= 0.3 is 0 Å². The summed E-state index contributed by atoms with van der Waals surface area (Å²) in [4.78, 5) is 13.1. The normalized spacial score (nSPS) is 21.1. The molecular weight excluding hydrogens is 835 g/mol. The second-order valence-corrected chi connectivity index (χ2v) is 18.9. The summed E-state index contributed by atoms with van der Waals surface area (Å²) in [7, 11) is 0. The quantitative estimate of drug-likeness (QED) is 0.0216. The van der Waals surface area contributed by atoms with Crippen molar-refractivity contribution in [3.63, 3.8) is 0 Å². The van der Waals surface area contributed by atoms with Crippen LogP contribution in [0.1, 0.15) is 226 Å². The van der Waals surface area contributed by atoms with Gasteiger partial charge in [-0.05, 0) is 89.9 Å². The van der Waals surface area contributed by atoms with E-state index in [1.165, 1.54) is 116 Å². The first-order valence-electron chi connectivity index (χ1n) is 27.0. The molecule has 11 heteroatoms. The van der Waals surface area contributed by atoms with Gasteiger partial charge in [0.05, 0.1) is 25.4 Å². The van der Waals surface area contributed by atoms with Crippen LogP contribution in [0.3, 0.4) is 0 Å². The Balaban J connectivity index is 2.42. The number of hydrogen-bond donors (Lipinski definition) is 8. The first-order valence-corrected chi connectivity index (χ1v) is 27.0. The minimum Gasteiger partial charge on any atom is -0.394 e. The van der Waals surface area contributed by atoms with Crippen LogP contribution in [-0.2, 0) is 14.3 Å². The number of hydrogen-bond acceptors (Lipinski definition) is 10. The number of aliphatic hydroxyl groups excluding tert-OH is 7. The fourth-order valence-corrected chi connectivity index (χ4v) is 8.35. The molecule has 1 rings (SSSR count). The van der Waals surface area contributed by atoms with E-state index in [1.54, 1.807) is 0 Å². The van der Waals surface area contributed by atoms with Crippen LogP contribution in [0.2, 0.25) is 0 Å². The maximum absolute atomic E-state index is 13.1. The summed E-state index contributed by atoms with van der Waals surface area (Å²) in [6.45, 7) is 3.43. The molecule has 0 aromatic heterocycles. The van der Waals surface area contributed by atoms with Crippen molar-refractivity contribution >= 4 is 5.91 Å². The van der Waals surface area contributed by atoms with Crippen molar-refractivity contribution in [3.8, 4) is 0 Å². The van der Waals surface area contributed by atoms with Gasteiger partial charge in [0.2, 0.25) is 5.91 Å². The molecule has 1 aliphatic rings. The third-order valence-electron chi connectivity index (χ3n) is 12.8. The van der Waals surface area contributed by atoms with Crippen LogP contribution in [-0.4, -0.2) is 110 Å². The minimum atomic E-state index is -1.67. The molecule has 0 radical (unpaired) electrons. The molecule has 1 fully saturated rings. The van der Waals surface area contributed by atoms with Gasteiger partial charge in [-0.2, -0.15) is 0 Å². The highest BCUT2D eigenvalue weighted by molar-refractivity contribution is 5.80. The van der Waals surface area contributed by atoms with Gasteiger partial charge in [0.1, 0.15) is 36.6 Å².